The van der Waals surface area contributed by atoms with Crippen LogP contribution in [0, 0.1) is 6.66 Å². The summed E-state index contributed by atoms with van der Waals surface area (Å²) in [5.41, 5.74) is 0. The fourth-order valence-electron chi connectivity index (χ4n) is 0.753. The van der Waals surface area contributed by atoms with Crippen LogP contribution in [-0.4, -0.2) is 12.8 Å². The third kappa shape index (κ3) is 4.89. The molecule has 0 saturated carbocycles. The first-order valence-electron chi connectivity index (χ1n) is 3.60. The van der Waals surface area contributed by atoms with Crippen molar-refractivity contribution in [2.24, 2.45) is 0 Å². The van der Waals surface area contributed by atoms with E-state index in [4.69, 9.17) is 4.52 Å². The molecule has 0 heterocycles. The lowest BCUT2D eigenvalue weighted by molar-refractivity contribution is 0.201. The van der Waals surface area contributed by atoms with Crippen molar-refractivity contribution in [3.63, 3.8) is 0 Å². The molecule has 0 aromatic carbocycles. The van der Waals surface area contributed by atoms with Crippen molar-refractivity contribution in [3.8, 4) is 0 Å². The molecule has 0 aliphatic carbocycles. The summed E-state index contributed by atoms with van der Waals surface area (Å²) in [6.45, 7) is 9.02. The molecule has 0 amide bonds. The number of hydrogen-bond acceptors (Lipinski definition) is 2. The normalized spacial score (nSPS) is 17.2. The SMILES string of the molecule is [CH2+]P(C)(=O)OC(CC)CC. The predicted molar refractivity (Wildman–Crippen MR) is 44.3 cm³/mol. The molecule has 0 aliphatic heterocycles. The maximum absolute atomic E-state index is 11.0. The van der Waals surface area contributed by atoms with Crippen LogP contribution in [0.2, 0.25) is 0 Å². The van der Waals surface area contributed by atoms with Gasteiger partial charge in [-0.15, -0.1) is 0 Å². The van der Waals surface area contributed by atoms with E-state index in [0.717, 1.165) is 12.8 Å². The van der Waals surface area contributed by atoms with E-state index in [2.05, 4.69) is 6.66 Å². The Hall–Kier alpha value is 0.0600. The van der Waals surface area contributed by atoms with Crippen LogP contribution in [0.3, 0.4) is 0 Å². The Bertz CT molecular complexity index is 124. The average molecular weight is 163 g/mol. The zero-order chi connectivity index (χ0) is 8.20. The summed E-state index contributed by atoms with van der Waals surface area (Å²) >= 11 is 0. The van der Waals surface area contributed by atoms with Gasteiger partial charge in [0.05, 0.1) is 12.8 Å². The van der Waals surface area contributed by atoms with E-state index in [1.54, 1.807) is 6.66 Å². The Morgan fingerprint density at radius 1 is 1.50 bits per heavy atom. The summed E-state index contributed by atoms with van der Waals surface area (Å²) in [6, 6.07) is 0. The van der Waals surface area contributed by atoms with E-state index >= 15 is 0 Å². The summed E-state index contributed by atoms with van der Waals surface area (Å²) < 4.78 is 16.2. The summed E-state index contributed by atoms with van der Waals surface area (Å²) in [5.74, 6) is 0. The highest BCUT2D eigenvalue weighted by molar-refractivity contribution is 7.59. The standard InChI is InChI=1S/C7H16O2P/c1-5-7(6-2)9-10(3,4)8/h7H,3,5-6H2,1-2,4H3/q+1. The summed E-state index contributed by atoms with van der Waals surface area (Å²) in [5, 5.41) is 0. The van der Waals surface area contributed by atoms with Crippen LogP contribution >= 0.6 is 7.37 Å². The van der Waals surface area contributed by atoms with Gasteiger partial charge in [-0.25, -0.2) is 4.57 Å². The van der Waals surface area contributed by atoms with Gasteiger partial charge in [-0.1, -0.05) is 13.8 Å². The minimum Gasteiger partial charge on any atom is -0.292 e. The first-order valence-corrected chi connectivity index (χ1v) is 5.85. The van der Waals surface area contributed by atoms with Crippen molar-refractivity contribution in [1.82, 2.24) is 0 Å². The monoisotopic (exact) mass is 163 g/mol. The van der Waals surface area contributed by atoms with Gasteiger partial charge in [0.1, 0.15) is 6.66 Å². The van der Waals surface area contributed by atoms with E-state index in [1.165, 1.54) is 0 Å². The molecule has 1 atom stereocenters. The molecule has 0 N–H and O–H groups in total. The molecule has 0 saturated heterocycles. The van der Waals surface area contributed by atoms with Gasteiger partial charge in [-0.05, 0) is 12.8 Å². The van der Waals surface area contributed by atoms with Crippen LogP contribution in [-0.2, 0) is 9.09 Å². The molecule has 0 fully saturated rings. The van der Waals surface area contributed by atoms with E-state index in [-0.39, 0.29) is 6.10 Å². The first-order chi connectivity index (χ1) is 4.49. The Kier molecular flexibility index (Phi) is 4.07. The quantitative estimate of drug-likeness (QED) is 0.470. The zero-order valence-electron chi connectivity index (χ0n) is 6.96. The fourth-order valence-corrected chi connectivity index (χ4v) is 1.68. The van der Waals surface area contributed by atoms with Crippen molar-refractivity contribution >= 4 is 7.37 Å². The molecule has 0 aromatic rings. The van der Waals surface area contributed by atoms with E-state index < -0.39 is 7.37 Å². The second kappa shape index (κ2) is 4.05. The van der Waals surface area contributed by atoms with Gasteiger partial charge in [0.25, 0.3) is 0 Å². The van der Waals surface area contributed by atoms with Gasteiger partial charge < -0.3 is 0 Å². The minimum atomic E-state index is -2.50. The van der Waals surface area contributed by atoms with Crippen LogP contribution in [0.15, 0.2) is 0 Å². The topological polar surface area (TPSA) is 26.3 Å². The number of hydrogen-bond donors (Lipinski definition) is 0. The maximum Gasteiger partial charge on any atom is 0.365 e. The van der Waals surface area contributed by atoms with Crippen molar-refractivity contribution < 1.29 is 9.09 Å². The second-order valence-corrected chi connectivity index (χ2v) is 4.80. The van der Waals surface area contributed by atoms with Gasteiger partial charge in [-0.2, -0.15) is 0 Å². The molecule has 0 bridgehead atoms. The molecule has 3 heteroatoms. The van der Waals surface area contributed by atoms with Crippen LogP contribution in [0.4, 0.5) is 0 Å². The Morgan fingerprint density at radius 2 is 1.90 bits per heavy atom. The number of rotatable bonds is 4. The minimum absolute atomic E-state index is 0.119. The fraction of sp³-hybridized carbons (Fsp3) is 0.857. The third-order valence-electron chi connectivity index (χ3n) is 1.28. The lowest BCUT2D eigenvalue weighted by Gasteiger charge is -2.12. The van der Waals surface area contributed by atoms with Gasteiger partial charge >= 0.3 is 7.37 Å². The van der Waals surface area contributed by atoms with Gasteiger partial charge in [0.15, 0.2) is 0 Å². The zero-order valence-corrected chi connectivity index (χ0v) is 7.86. The van der Waals surface area contributed by atoms with Crippen molar-refractivity contribution in [2.45, 2.75) is 32.8 Å². The Balaban J connectivity index is 3.75. The first kappa shape index (κ1) is 10.1. The Labute approximate surface area is 63.4 Å². The molecule has 0 aromatic heterocycles. The molecule has 60 valence electrons. The lowest BCUT2D eigenvalue weighted by Crippen LogP contribution is -2.06. The van der Waals surface area contributed by atoms with Crippen molar-refractivity contribution in [1.29, 1.82) is 0 Å². The van der Waals surface area contributed by atoms with Crippen LogP contribution < -0.4 is 0 Å². The predicted octanol–water partition coefficient (Wildman–Crippen LogP) is 2.89. The van der Waals surface area contributed by atoms with E-state index in [1.807, 2.05) is 13.8 Å². The molecule has 0 radical (unpaired) electrons. The van der Waals surface area contributed by atoms with E-state index in [0.29, 0.717) is 0 Å². The largest absolute Gasteiger partial charge is 0.365 e. The van der Waals surface area contributed by atoms with Crippen molar-refractivity contribution in [3.05, 3.63) is 6.66 Å². The molecular weight excluding hydrogens is 147 g/mol. The highest BCUT2D eigenvalue weighted by Crippen LogP contribution is 2.42. The average Bonchev–Trinajstić information content (AvgIpc) is 1.81. The maximum atomic E-state index is 11.0. The van der Waals surface area contributed by atoms with Crippen LogP contribution in [0.1, 0.15) is 26.7 Å². The molecule has 10 heavy (non-hydrogen) atoms. The molecule has 0 spiro atoms. The summed E-state index contributed by atoms with van der Waals surface area (Å²) in [6.07, 6.45) is 1.93. The van der Waals surface area contributed by atoms with Crippen molar-refractivity contribution in [2.75, 3.05) is 6.66 Å². The highest BCUT2D eigenvalue weighted by Gasteiger charge is 2.20. The van der Waals surface area contributed by atoms with Crippen LogP contribution in [0.5, 0.6) is 0 Å². The third-order valence-corrected chi connectivity index (χ3v) is 2.03. The van der Waals surface area contributed by atoms with Gasteiger partial charge in [0, 0.05) is 0 Å². The molecule has 1 unspecified atom stereocenters. The Morgan fingerprint density at radius 3 is 2.00 bits per heavy atom. The summed E-state index contributed by atoms with van der Waals surface area (Å²) in [7, 11) is -2.50. The van der Waals surface area contributed by atoms with Gasteiger partial charge in [-0.3, -0.25) is 4.52 Å². The second-order valence-electron chi connectivity index (χ2n) is 2.56. The highest BCUT2D eigenvalue weighted by atomic mass is 31.2. The van der Waals surface area contributed by atoms with Gasteiger partial charge in [0.2, 0.25) is 0 Å². The summed E-state index contributed by atoms with van der Waals surface area (Å²) in [4.78, 5) is 0. The molecule has 2 nitrogen and oxygen atoms in total. The molecular formula is C7H16O2P+. The smallest absolute Gasteiger partial charge is 0.292 e. The molecule has 0 rings (SSSR count). The van der Waals surface area contributed by atoms with E-state index in [9.17, 15) is 4.57 Å². The molecule has 0 aliphatic rings. The lowest BCUT2D eigenvalue weighted by atomic mass is 10.2. The van der Waals surface area contributed by atoms with Crippen LogP contribution in [0.25, 0.3) is 0 Å².